The minimum atomic E-state index is -1.24. The van der Waals surface area contributed by atoms with Gasteiger partial charge in [-0.2, -0.15) is 0 Å². The summed E-state index contributed by atoms with van der Waals surface area (Å²) in [5, 5.41) is 11.6. The van der Waals surface area contributed by atoms with Crippen molar-refractivity contribution in [3.63, 3.8) is 0 Å². The topological polar surface area (TPSA) is 157 Å². The number of ketones is 1. The molecule has 12 heteroatoms. The number of likely N-dealkylation sites (tertiary alicyclic amines) is 2. The Morgan fingerprint density at radius 2 is 1.73 bits per heavy atom. The van der Waals surface area contributed by atoms with Crippen molar-refractivity contribution in [2.24, 2.45) is 40.4 Å². The summed E-state index contributed by atoms with van der Waals surface area (Å²) in [6.07, 6.45) is 16.2. The van der Waals surface area contributed by atoms with Gasteiger partial charge in [-0.1, -0.05) is 52.5 Å². The second-order valence-electron chi connectivity index (χ2n) is 16.8. The fraction of sp³-hybridized carbons (Fsp3) is 0.750. The maximum Gasteiger partial charge on any atom is 0.315 e. The van der Waals surface area contributed by atoms with Gasteiger partial charge in [0.15, 0.2) is 0 Å². The molecule has 4 aliphatic carbocycles. The number of nitrogens with one attached hydrogen (secondary N) is 4. The van der Waals surface area contributed by atoms with Crippen molar-refractivity contribution in [1.82, 2.24) is 31.1 Å². The molecule has 2 heterocycles. The van der Waals surface area contributed by atoms with E-state index < -0.39 is 47.2 Å². The van der Waals surface area contributed by atoms with Gasteiger partial charge in [0.25, 0.3) is 5.91 Å². The largest absolute Gasteiger partial charge is 0.346 e. The number of Topliss-reactive ketones (excluding diaryl/α,β-unsaturated/α-hetero) is 1. The minimum Gasteiger partial charge on any atom is -0.346 e. The molecule has 4 N–H and O–H groups in total. The molecule has 52 heavy (non-hydrogen) atoms. The quantitative estimate of drug-likeness (QED) is 0.123. The summed E-state index contributed by atoms with van der Waals surface area (Å²) >= 11 is 0. The van der Waals surface area contributed by atoms with Crippen molar-refractivity contribution >= 4 is 35.4 Å². The number of terminal acetylenes is 1. The maximum absolute atomic E-state index is 14.9. The Labute approximate surface area is 308 Å². The molecule has 6 fully saturated rings. The third kappa shape index (κ3) is 6.96. The number of hydrogen-bond donors (Lipinski definition) is 4. The zero-order valence-electron chi connectivity index (χ0n) is 31.2. The molecule has 6 rings (SSSR count). The van der Waals surface area contributed by atoms with E-state index in [-0.39, 0.29) is 48.1 Å². The third-order valence-electron chi connectivity index (χ3n) is 14.0. The zero-order chi connectivity index (χ0) is 37.4. The lowest BCUT2D eigenvalue weighted by Gasteiger charge is -2.43. The molecular weight excluding hydrogens is 660 g/mol. The Morgan fingerprint density at radius 3 is 2.37 bits per heavy atom. The van der Waals surface area contributed by atoms with Crippen LogP contribution in [0.25, 0.3) is 0 Å². The minimum absolute atomic E-state index is 0.0339. The molecule has 4 saturated carbocycles. The highest BCUT2D eigenvalue weighted by molar-refractivity contribution is 6.38. The van der Waals surface area contributed by atoms with Crippen molar-refractivity contribution in [3.8, 4) is 12.3 Å². The van der Waals surface area contributed by atoms with Gasteiger partial charge >= 0.3 is 6.03 Å². The number of amides is 6. The van der Waals surface area contributed by atoms with Gasteiger partial charge in [-0.25, -0.2) is 4.79 Å². The molecule has 0 aromatic heterocycles. The maximum atomic E-state index is 14.9. The molecule has 0 aromatic rings. The Morgan fingerprint density at radius 1 is 1.00 bits per heavy atom. The van der Waals surface area contributed by atoms with E-state index >= 15 is 0 Å². The number of carbonyl (C=O) groups excluding carboxylic acids is 6. The summed E-state index contributed by atoms with van der Waals surface area (Å²) in [5.74, 6) is 1.45. The van der Waals surface area contributed by atoms with Crippen LogP contribution in [0.2, 0.25) is 0 Å². The lowest BCUT2D eigenvalue weighted by atomic mass is 9.70. The van der Waals surface area contributed by atoms with E-state index in [1.165, 1.54) is 6.08 Å². The van der Waals surface area contributed by atoms with Gasteiger partial charge in [-0.05, 0) is 73.5 Å². The average Bonchev–Trinajstić information content (AvgIpc) is 3.76. The van der Waals surface area contributed by atoms with Gasteiger partial charge in [0.05, 0.1) is 6.04 Å². The number of fused-ring (bicyclic) bond motifs is 2. The zero-order valence-corrected chi connectivity index (χ0v) is 31.2. The summed E-state index contributed by atoms with van der Waals surface area (Å²) in [4.78, 5) is 85.2. The van der Waals surface area contributed by atoms with Crippen LogP contribution in [0.15, 0.2) is 12.7 Å². The molecule has 2 aliphatic heterocycles. The van der Waals surface area contributed by atoms with Crippen molar-refractivity contribution in [1.29, 1.82) is 0 Å². The van der Waals surface area contributed by atoms with Crippen LogP contribution in [-0.4, -0.2) is 95.6 Å². The molecule has 6 amide bonds. The van der Waals surface area contributed by atoms with Gasteiger partial charge in [0.2, 0.25) is 23.5 Å². The summed E-state index contributed by atoms with van der Waals surface area (Å²) in [5.41, 5.74) is -0.566. The molecule has 0 aromatic carbocycles. The molecule has 12 nitrogen and oxygen atoms in total. The Kier molecular flexibility index (Phi) is 11.1. The first-order valence-electron chi connectivity index (χ1n) is 19.7. The predicted molar refractivity (Wildman–Crippen MR) is 195 cm³/mol. The standard InChI is InChI=1S/C40H58N6O6/c1-6-14-28(33(48)36(50)41-20-7-2)42-35(49)32-27-16-13-15-26(27)22-46(32)37(51)34(39(5)18-10-8-11-19-39)44-38(52)43-29(40-24(3)31(40)25(40)4)23-45-21-12-9-17-30(45)47/h1,7,24-29,31-32,34H,2,8-23H2,3-5H3,(H,41,50)(H,42,49)(H2,43,44,52)/t24?,25?,26-,27-,28?,29+,31?,32-,34+,40?/m0/s1. The van der Waals surface area contributed by atoms with Gasteiger partial charge in [-0.15, -0.1) is 18.9 Å². The van der Waals surface area contributed by atoms with E-state index in [0.29, 0.717) is 43.8 Å². The van der Waals surface area contributed by atoms with Crippen LogP contribution in [0.5, 0.6) is 0 Å². The second-order valence-corrected chi connectivity index (χ2v) is 16.8. The Balaban J connectivity index is 1.23. The Bertz CT molecular complexity index is 1490. The third-order valence-corrected chi connectivity index (χ3v) is 14.0. The van der Waals surface area contributed by atoms with E-state index in [4.69, 9.17) is 6.42 Å². The van der Waals surface area contributed by atoms with Crippen molar-refractivity contribution in [3.05, 3.63) is 12.7 Å². The highest BCUT2D eigenvalue weighted by Crippen LogP contribution is 2.85. The second kappa shape index (κ2) is 15.2. The first kappa shape index (κ1) is 37.9. The molecule has 0 spiro atoms. The number of rotatable bonds is 14. The molecule has 284 valence electrons. The molecule has 0 radical (unpaired) electrons. The summed E-state index contributed by atoms with van der Waals surface area (Å²) in [7, 11) is 0. The average molecular weight is 719 g/mol. The summed E-state index contributed by atoms with van der Waals surface area (Å²) in [6.45, 7) is 11.7. The summed E-state index contributed by atoms with van der Waals surface area (Å²) in [6, 6.07) is -3.62. The highest BCUT2D eigenvalue weighted by Gasteiger charge is 2.85. The fourth-order valence-corrected chi connectivity index (χ4v) is 11.0. The van der Waals surface area contributed by atoms with Crippen LogP contribution >= 0.6 is 0 Å². The SMILES string of the molecule is C#CCC(NC(=O)[C@@H]1[C@H]2CCC[C@H]2CN1C(=O)[C@@H](NC(=O)N[C@H](CN1CCCCC1=O)C12C(C)C1C2C)C1(C)CCCCC1)C(=O)C(=O)NCC=C. The molecule has 6 aliphatic rings. The van der Waals surface area contributed by atoms with Crippen molar-refractivity contribution < 1.29 is 28.8 Å². The number of piperidine rings is 1. The number of carbonyl (C=O) groups is 6. The van der Waals surface area contributed by atoms with E-state index in [2.05, 4.69) is 54.5 Å². The van der Waals surface area contributed by atoms with Crippen LogP contribution in [0.3, 0.4) is 0 Å². The predicted octanol–water partition coefficient (Wildman–Crippen LogP) is 2.91. The van der Waals surface area contributed by atoms with Crippen LogP contribution in [0.1, 0.15) is 97.8 Å². The summed E-state index contributed by atoms with van der Waals surface area (Å²) < 4.78 is 0. The van der Waals surface area contributed by atoms with Crippen LogP contribution < -0.4 is 21.3 Å². The van der Waals surface area contributed by atoms with Crippen LogP contribution in [0, 0.1) is 52.8 Å². The van der Waals surface area contributed by atoms with E-state index in [9.17, 15) is 28.8 Å². The van der Waals surface area contributed by atoms with Gasteiger partial charge < -0.3 is 31.1 Å². The molecular formula is C40H58N6O6. The first-order valence-corrected chi connectivity index (χ1v) is 19.7. The van der Waals surface area contributed by atoms with Gasteiger partial charge in [0.1, 0.15) is 18.1 Å². The van der Waals surface area contributed by atoms with Gasteiger partial charge in [-0.3, -0.25) is 24.0 Å². The smallest absolute Gasteiger partial charge is 0.315 e. The van der Waals surface area contributed by atoms with E-state index in [0.717, 1.165) is 64.2 Å². The van der Waals surface area contributed by atoms with E-state index in [1.54, 1.807) is 4.90 Å². The molecule has 3 unspecified atom stereocenters. The van der Waals surface area contributed by atoms with Gasteiger partial charge in [0, 0.05) is 44.4 Å². The first-order chi connectivity index (χ1) is 24.9. The monoisotopic (exact) mass is 718 g/mol. The Hall–Kier alpha value is -3.88. The molecule has 0 bridgehead atoms. The fourth-order valence-electron chi connectivity index (χ4n) is 11.0. The number of nitrogens with zero attached hydrogens (tertiary/aromatic N) is 2. The number of hydrogen-bond acceptors (Lipinski definition) is 6. The van der Waals surface area contributed by atoms with Crippen molar-refractivity contribution in [2.45, 2.75) is 122 Å². The lowest BCUT2D eigenvalue weighted by Crippen LogP contribution is -2.63. The molecule has 2 saturated heterocycles. The lowest BCUT2D eigenvalue weighted by molar-refractivity contribution is -0.145. The van der Waals surface area contributed by atoms with Crippen molar-refractivity contribution in [2.75, 3.05) is 26.2 Å². The highest BCUT2D eigenvalue weighted by atomic mass is 16.2. The number of urea groups is 1. The molecule has 8 atom stereocenters. The van der Waals surface area contributed by atoms with E-state index in [1.807, 2.05) is 4.90 Å². The normalized spacial score (nSPS) is 32.9. The van der Waals surface area contributed by atoms with Crippen LogP contribution in [0.4, 0.5) is 4.79 Å². The van der Waals surface area contributed by atoms with Crippen LogP contribution in [-0.2, 0) is 24.0 Å².